The number of rotatable bonds is 10. The van der Waals surface area contributed by atoms with Gasteiger partial charge in [0.2, 0.25) is 0 Å². The van der Waals surface area contributed by atoms with E-state index in [0.717, 1.165) is 39.3 Å². The van der Waals surface area contributed by atoms with Crippen LogP contribution >= 0.6 is 0 Å². The van der Waals surface area contributed by atoms with Gasteiger partial charge in [-0.3, -0.25) is 15.0 Å². The van der Waals surface area contributed by atoms with Crippen LogP contribution < -0.4 is 25.7 Å². The van der Waals surface area contributed by atoms with Crippen molar-refractivity contribution in [1.82, 2.24) is 24.8 Å². The first kappa shape index (κ1) is 26.1. The highest BCUT2D eigenvalue weighted by Gasteiger charge is 2.14. The summed E-state index contributed by atoms with van der Waals surface area (Å²) in [4.78, 5) is 19.8. The molecule has 1 atom stereocenters. The van der Waals surface area contributed by atoms with Crippen molar-refractivity contribution in [3.63, 3.8) is 0 Å². The Morgan fingerprint density at radius 3 is 2.51 bits per heavy atom. The van der Waals surface area contributed by atoms with Gasteiger partial charge in [-0.15, -0.1) is 0 Å². The predicted octanol–water partition coefficient (Wildman–Crippen LogP) is 3.68. The molecule has 5 aromatic rings. The molecule has 0 aliphatic carbocycles. The molecule has 0 fully saturated rings. The lowest BCUT2D eigenvalue weighted by Crippen LogP contribution is -2.39. The highest BCUT2D eigenvalue weighted by Crippen LogP contribution is 2.37. The van der Waals surface area contributed by atoms with Crippen molar-refractivity contribution in [2.45, 2.75) is 12.6 Å². The summed E-state index contributed by atoms with van der Waals surface area (Å²) in [6, 6.07) is 11.4. The third-order valence-corrected chi connectivity index (χ3v) is 6.41. The molecule has 0 bridgehead atoms. The van der Waals surface area contributed by atoms with Gasteiger partial charge < -0.3 is 30.6 Å². The molecule has 10 heteroatoms. The zero-order valence-corrected chi connectivity index (χ0v) is 22.2. The van der Waals surface area contributed by atoms with Crippen molar-refractivity contribution < 1.29 is 14.2 Å². The molecule has 4 N–H and O–H groups in total. The number of hydrogen-bond donors (Lipinski definition) is 2. The summed E-state index contributed by atoms with van der Waals surface area (Å²) < 4.78 is 16.9. The lowest BCUT2D eigenvalue weighted by atomic mass is 10.0. The average Bonchev–Trinajstić information content (AvgIpc) is 2.95. The summed E-state index contributed by atoms with van der Waals surface area (Å²) in [7, 11) is 5.22. The number of aromatic nitrogens is 4. The van der Waals surface area contributed by atoms with Crippen molar-refractivity contribution in [2.24, 2.45) is 5.73 Å². The molecule has 0 radical (unpaired) electrons. The highest BCUT2D eigenvalue weighted by atomic mass is 16.5. The van der Waals surface area contributed by atoms with Gasteiger partial charge in [0, 0.05) is 60.3 Å². The Balaban J connectivity index is 1.36. The number of nitrogen functional groups attached to an aromatic ring is 1. The lowest BCUT2D eigenvalue weighted by Gasteiger charge is -2.21. The average molecular weight is 526 g/mol. The quantitative estimate of drug-likeness (QED) is 0.260. The van der Waals surface area contributed by atoms with Gasteiger partial charge >= 0.3 is 0 Å². The molecule has 5 rings (SSSR count). The second-order valence-electron chi connectivity index (χ2n) is 9.37. The number of likely N-dealkylation sites (N-methyl/N-ethyl adjacent to an activating group) is 1. The second-order valence-corrected chi connectivity index (χ2v) is 9.37. The zero-order valence-electron chi connectivity index (χ0n) is 22.2. The van der Waals surface area contributed by atoms with Crippen molar-refractivity contribution in [3.05, 3.63) is 72.9 Å². The Morgan fingerprint density at radius 2 is 1.74 bits per heavy atom. The van der Waals surface area contributed by atoms with Gasteiger partial charge in [0.25, 0.3) is 0 Å². The number of pyridine rings is 4. The number of methoxy groups -OCH3 is 2. The molecule has 200 valence electrons. The van der Waals surface area contributed by atoms with Crippen LogP contribution in [0, 0.1) is 0 Å². The maximum Gasteiger partial charge on any atom is 0.162 e. The van der Waals surface area contributed by atoms with E-state index < -0.39 is 0 Å². The molecule has 0 unspecified atom stereocenters. The van der Waals surface area contributed by atoms with E-state index in [2.05, 4.69) is 24.8 Å². The van der Waals surface area contributed by atoms with Gasteiger partial charge in [-0.25, -0.2) is 4.98 Å². The largest absolute Gasteiger partial charge is 0.493 e. The summed E-state index contributed by atoms with van der Waals surface area (Å²) in [5.74, 6) is 2.19. The first-order valence-electron chi connectivity index (χ1n) is 12.5. The van der Waals surface area contributed by atoms with E-state index in [4.69, 9.17) is 25.7 Å². The molecule has 0 aliphatic rings. The third kappa shape index (κ3) is 5.82. The minimum atomic E-state index is -0.185. The third-order valence-electron chi connectivity index (χ3n) is 6.41. The normalized spacial score (nSPS) is 12.1. The SMILES string of the molecule is COc1cc2ncc3c(N)nc(-c4cncc(OC[C@H](N)CN(C)Cc5cccnc5)c4)cc3c2cc1OC. The Kier molecular flexibility index (Phi) is 7.67. The van der Waals surface area contributed by atoms with Crippen LogP contribution in [-0.2, 0) is 6.54 Å². The second kappa shape index (κ2) is 11.5. The van der Waals surface area contributed by atoms with Gasteiger partial charge in [0.1, 0.15) is 18.2 Å². The summed E-state index contributed by atoms with van der Waals surface area (Å²) in [5.41, 5.74) is 16.0. The molecule has 4 heterocycles. The van der Waals surface area contributed by atoms with Crippen molar-refractivity contribution in [1.29, 1.82) is 0 Å². The Morgan fingerprint density at radius 1 is 0.923 bits per heavy atom. The van der Waals surface area contributed by atoms with E-state index in [1.54, 1.807) is 39.0 Å². The standard InChI is InChI=1S/C29H31N7O3/c1-36(15-18-5-4-6-32-11-18)16-20(30)17-39-21-7-19(12-33-13-21)25-8-22-23-9-27(37-2)28(38-3)10-26(23)34-14-24(22)29(31)35-25/h4-14,20H,15-17,30H2,1-3H3,(H2,31,35)/t20-/m1/s1. The number of nitrogens with zero attached hydrogens (tertiary/aromatic N) is 5. The number of nitrogens with two attached hydrogens (primary N) is 2. The van der Waals surface area contributed by atoms with Crippen LogP contribution in [0.25, 0.3) is 32.9 Å². The number of anilines is 1. The maximum absolute atomic E-state index is 6.37. The zero-order chi connectivity index (χ0) is 27.4. The fourth-order valence-corrected chi connectivity index (χ4v) is 4.57. The summed E-state index contributed by atoms with van der Waals surface area (Å²) in [6.45, 7) is 1.77. The van der Waals surface area contributed by atoms with Gasteiger partial charge in [0.05, 0.1) is 37.7 Å². The minimum Gasteiger partial charge on any atom is -0.493 e. The first-order chi connectivity index (χ1) is 18.9. The van der Waals surface area contributed by atoms with Crippen molar-refractivity contribution >= 4 is 27.5 Å². The molecule has 39 heavy (non-hydrogen) atoms. The molecular weight excluding hydrogens is 494 g/mol. The molecule has 10 nitrogen and oxygen atoms in total. The van der Waals surface area contributed by atoms with Gasteiger partial charge in [-0.1, -0.05) is 6.07 Å². The van der Waals surface area contributed by atoms with E-state index in [1.165, 1.54) is 0 Å². The van der Waals surface area contributed by atoms with E-state index in [9.17, 15) is 0 Å². The Bertz CT molecular complexity index is 1600. The molecule has 0 amide bonds. The van der Waals surface area contributed by atoms with Crippen LogP contribution in [-0.4, -0.2) is 65.3 Å². The number of hydrogen-bond acceptors (Lipinski definition) is 10. The van der Waals surface area contributed by atoms with Gasteiger partial charge in [0.15, 0.2) is 11.5 Å². The Labute approximate surface area is 226 Å². The van der Waals surface area contributed by atoms with Crippen LogP contribution in [0.5, 0.6) is 17.2 Å². The van der Waals surface area contributed by atoms with Gasteiger partial charge in [-0.2, -0.15) is 0 Å². The Hall–Kier alpha value is -4.54. The van der Waals surface area contributed by atoms with Crippen LogP contribution in [0.1, 0.15) is 5.56 Å². The lowest BCUT2D eigenvalue weighted by molar-refractivity contribution is 0.232. The van der Waals surface area contributed by atoms with Crippen molar-refractivity contribution in [2.75, 3.05) is 40.2 Å². The van der Waals surface area contributed by atoms with Crippen LogP contribution in [0.2, 0.25) is 0 Å². The molecule has 0 saturated carbocycles. The van der Waals surface area contributed by atoms with Crippen LogP contribution in [0.3, 0.4) is 0 Å². The summed E-state index contributed by atoms with van der Waals surface area (Å²) in [5, 5.41) is 2.52. The van der Waals surface area contributed by atoms with Gasteiger partial charge in [-0.05, 0) is 42.3 Å². The smallest absolute Gasteiger partial charge is 0.162 e. The maximum atomic E-state index is 6.37. The minimum absolute atomic E-state index is 0.185. The summed E-state index contributed by atoms with van der Waals surface area (Å²) >= 11 is 0. The van der Waals surface area contributed by atoms with Crippen molar-refractivity contribution in [3.8, 4) is 28.5 Å². The molecule has 0 aliphatic heterocycles. The van der Waals surface area contributed by atoms with E-state index >= 15 is 0 Å². The molecule has 1 aromatic carbocycles. The first-order valence-corrected chi connectivity index (χ1v) is 12.5. The molecule has 0 saturated heterocycles. The topological polar surface area (TPSA) is 135 Å². The highest BCUT2D eigenvalue weighted by molar-refractivity contribution is 6.10. The molecule has 0 spiro atoms. The fraction of sp³-hybridized carbons (Fsp3) is 0.241. The fourth-order valence-electron chi connectivity index (χ4n) is 4.57. The number of benzene rings is 1. The number of fused-ring (bicyclic) bond motifs is 3. The molecule has 4 aromatic heterocycles. The number of ether oxygens (including phenoxy) is 3. The monoisotopic (exact) mass is 525 g/mol. The van der Waals surface area contributed by atoms with E-state index in [1.807, 2.05) is 49.6 Å². The van der Waals surface area contributed by atoms with E-state index in [0.29, 0.717) is 41.9 Å². The van der Waals surface area contributed by atoms with Crippen LogP contribution in [0.4, 0.5) is 5.82 Å². The summed E-state index contributed by atoms with van der Waals surface area (Å²) in [6.07, 6.45) is 8.74. The van der Waals surface area contributed by atoms with E-state index in [-0.39, 0.29) is 6.04 Å². The molecular formula is C29H31N7O3. The van der Waals surface area contributed by atoms with Crippen LogP contribution in [0.15, 0.2) is 67.4 Å². The predicted molar refractivity (Wildman–Crippen MR) is 152 cm³/mol.